The molecule has 2 rings (SSSR count). The SMILES string of the molecule is CC(C)CN(C(=O)OCc1ccccc1)[C@H]1C[C@@H](C(=O)O)CN(C(=O)O)C1. The van der Waals surface area contributed by atoms with Gasteiger partial charge in [-0.15, -0.1) is 0 Å². The van der Waals surface area contributed by atoms with Crippen molar-refractivity contribution in [1.82, 2.24) is 9.80 Å². The Morgan fingerprint density at radius 3 is 2.41 bits per heavy atom. The van der Waals surface area contributed by atoms with Gasteiger partial charge in [0.15, 0.2) is 0 Å². The summed E-state index contributed by atoms with van der Waals surface area (Å²) < 4.78 is 5.41. The van der Waals surface area contributed by atoms with Gasteiger partial charge in [0.2, 0.25) is 0 Å². The second-order valence-corrected chi connectivity index (χ2v) is 7.20. The normalized spacial score (nSPS) is 19.6. The van der Waals surface area contributed by atoms with Gasteiger partial charge in [0.1, 0.15) is 6.61 Å². The zero-order chi connectivity index (χ0) is 20.0. The van der Waals surface area contributed by atoms with Gasteiger partial charge in [-0.2, -0.15) is 0 Å². The maximum absolute atomic E-state index is 12.7. The van der Waals surface area contributed by atoms with Crippen LogP contribution < -0.4 is 0 Å². The van der Waals surface area contributed by atoms with Gasteiger partial charge in [-0.05, 0) is 17.9 Å². The Hall–Kier alpha value is -2.77. The minimum absolute atomic E-state index is 0.0737. The van der Waals surface area contributed by atoms with Crippen LogP contribution in [-0.2, 0) is 16.1 Å². The van der Waals surface area contributed by atoms with E-state index in [-0.39, 0.29) is 32.0 Å². The number of hydrogen-bond donors (Lipinski definition) is 2. The number of carbonyl (C=O) groups is 3. The number of ether oxygens (including phenoxy) is 1. The average Bonchev–Trinajstić information content (AvgIpc) is 2.64. The molecule has 8 heteroatoms. The molecular formula is C19H26N2O6. The third kappa shape index (κ3) is 5.87. The maximum Gasteiger partial charge on any atom is 0.410 e. The first-order valence-corrected chi connectivity index (χ1v) is 8.96. The molecule has 2 N–H and O–H groups in total. The van der Waals surface area contributed by atoms with Crippen molar-refractivity contribution in [2.75, 3.05) is 19.6 Å². The molecule has 0 unspecified atom stereocenters. The molecule has 0 aliphatic carbocycles. The lowest BCUT2D eigenvalue weighted by atomic mass is 9.93. The number of piperidine rings is 1. The number of amides is 2. The third-order valence-electron chi connectivity index (χ3n) is 4.49. The van der Waals surface area contributed by atoms with Crippen LogP contribution in [0.15, 0.2) is 30.3 Å². The Balaban J connectivity index is 2.13. The monoisotopic (exact) mass is 378 g/mol. The summed E-state index contributed by atoms with van der Waals surface area (Å²) in [6.45, 7) is 4.33. The topological polar surface area (TPSA) is 107 Å². The van der Waals surface area contributed by atoms with E-state index < -0.39 is 30.1 Å². The minimum atomic E-state index is -1.19. The zero-order valence-electron chi connectivity index (χ0n) is 15.6. The molecule has 1 aromatic carbocycles. The fourth-order valence-electron chi connectivity index (χ4n) is 3.20. The van der Waals surface area contributed by atoms with Crippen LogP contribution >= 0.6 is 0 Å². The predicted octanol–water partition coefficient (Wildman–Crippen LogP) is 2.73. The first-order valence-electron chi connectivity index (χ1n) is 8.96. The van der Waals surface area contributed by atoms with E-state index in [1.165, 1.54) is 4.90 Å². The molecule has 8 nitrogen and oxygen atoms in total. The van der Waals surface area contributed by atoms with Gasteiger partial charge in [-0.3, -0.25) is 4.79 Å². The van der Waals surface area contributed by atoms with E-state index in [1.54, 1.807) is 0 Å². The highest BCUT2D eigenvalue weighted by Gasteiger charge is 2.38. The van der Waals surface area contributed by atoms with Crippen LogP contribution in [0.5, 0.6) is 0 Å². The molecular weight excluding hydrogens is 352 g/mol. The first-order chi connectivity index (χ1) is 12.8. The van der Waals surface area contributed by atoms with Crippen molar-refractivity contribution in [2.24, 2.45) is 11.8 Å². The number of hydrogen-bond acceptors (Lipinski definition) is 4. The Labute approximate surface area is 158 Å². The second-order valence-electron chi connectivity index (χ2n) is 7.20. The molecule has 0 spiro atoms. The molecule has 1 aromatic rings. The number of rotatable bonds is 6. The highest BCUT2D eigenvalue weighted by molar-refractivity contribution is 5.73. The van der Waals surface area contributed by atoms with Crippen molar-refractivity contribution >= 4 is 18.2 Å². The van der Waals surface area contributed by atoms with E-state index in [1.807, 2.05) is 44.2 Å². The summed E-state index contributed by atoms with van der Waals surface area (Å²) in [5.41, 5.74) is 0.842. The standard InChI is InChI=1S/C19H26N2O6/c1-13(2)9-21(19(26)27-12-14-6-4-3-5-7-14)16-8-15(17(22)23)10-20(11-16)18(24)25/h3-7,13,15-16H,8-12H2,1-2H3,(H,22,23)(H,24,25)/t15-,16+/m1/s1. The molecule has 2 amide bonds. The zero-order valence-corrected chi connectivity index (χ0v) is 15.6. The Bertz CT molecular complexity index is 641. The number of carboxylic acids is 1. The fourth-order valence-corrected chi connectivity index (χ4v) is 3.20. The lowest BCUT2D eigenvalue weighted by Crippen LogP contribution is -2.56. The smallest absolute Gasteiger partial charge is 0.410 e. The average molecular weight is 378 g/mol. The summed E-state index contributed by atoms with van der Waals surface area (Å²) >= 11 is 0. The van der Waals surface area contributed by atoms with Crippen LogP contribution in [0, 0.1) is 11.8 Å². The van der Waals surface area contributed by atoms with Crippen LogP contribution in [0.1, 0.15) is 25.8 Å². The summed E-state index contributed by atoms with van der Waals surface area (Å²) in [7, 11) is 0. The lowest BCUT2D eigenvalue weighted by Gasteiger charge is -2.40. The van der Waals surface area contributed by atoms with Gasteiger partial charge in [0.25, 0.3) is 0 Å². The summed E-state index contributed by atoms with van der Waals surface area (Å²) in [5, 5.41) is 18.7. The van der Waals surface area contributed by atoms with Crippen LogP contribution in [0.3, 0.4) is 0 Å². The van der Waals surface area contributed by atoms with Gasteiger partial charge in [0.05, 0.1) is 12.0 Å². The van der Waals surface area contributed by atoms with E-state index in [2.05, 4.69) is 0 Å². The number of likely N-dealkylation sites (tertiary alicyclic amines) is 1. The quantitative estimate of drug-likeness (QED) is 0.788. The van der Waals surface area contributed by atoms with Gasteiger partial charge in [-0.1, -0.05) is 44.2 Å². The largest absolute Gasteiger partial charge is 0.481 e. The van der Waals surface area contributed by atoms with E-state index in [0.717, 1.165) is 10.5 Å². The number of benzene rings is 1. The third-order valence-corrected chi connectivity index (χ3v) is 4.49. The van der Waals surface area contributed by atoms with Gasteiger partial charge in [-0.25, -0.2) is 9.59 Å². The molecule has 0 saturated carbocycles. The number of nitrogens with zero attached hydrogens (tertiary/aromatic N) is 2. The first kappa shape index (κ1) is 20.5. The molecule has 1 aliphatic heterocycles. The lowest BCUT2D eigenvalue weighted by molar-refractivity contribution is -0.144. The van der Waals surface area contributed by atoms with Crippen molar-refractivity contribution in [1.29, 1.82) is 0 Å². The summed E-state index contributed by atoms with van der Waals surface area (Å²) in [6.07, 6.45) is -1.55. The van der Waals surface area contributed by atoms with Gasteiger partial charge in [0, 0.05) is 19.6 Å². The Morgan fingerprint density at radius 2 is 1.85 bits per heavy atom. The van der Waals surface area contributed by atoms with Crippen LogP contribution in [0.2, 0.25) is 0 Å². The van der Waals surface area contributed by atoms with Gasteiger partial charge >= 0.3 is 18.2 Å². The molecule has 1 heterocycles. The van der Waals surface area contributed by atoms with Crippen LogP contribution in [0.25, 0.3) is 0 Å². The number of carbonyl (C=O) groups excluding carboxylic acids is 1. The summed E-state index contributed by atoms with van der Waals surface area (Å²) in [4.78, 5) is 38.1. The molecule has 27 heavy (non-hydrogen) atoms. The predicted molar refractivity (Wildman–Crippen MR) is 97.3 cm³/mol. The molecule has 0 aromatic heterocycles. The van der Waals surface area contributed by atoms with Crippen LogP contribution in [0.4, 0.5) is 9.59 Å². The van der Waals surface area contributed by atoms with E-state index in [0.29, 0.717) is 6.54 Å². The Kier molecular flexibility index (Phi) is 7.04. The van der Waals surface area contributed by atoms with Crippen molar-refractivity contribution in [3.63, 3.8) is 0 Å². The van der Waals surface area contributed by atoms with Crippen molar-refractivity contribution in [3.8, 4) is 0 Å². The van der Waals surface area contributed by atoms with Crippen molar-refractivity contribution in [2.45, 2.75) is 32.9 Å². The number of aliphatic carboxylic acids is 1. The summed E-state index contributed by atoms with van der Waals surface area (Å²) in [6, 6.07) is 8.70. The fraction of sp³-hybridized carbons (Fsp3) is 0.526. The molecule has 148 valence electrons. The second kappa shape index (κ2) is 9.25. The molecule has 0 bridgehead atoms. The van der Waals surface area contributed by atoms with Crippen LogP contribution in [-0.4, -0.2) is 63.8 Å². The van der Waals surface area contributed by atoms with Crippen molar-refractivity contribution in [3.05, 3.63) is 35.9 Å². The highest BCUT2D eigenvalue weighted by atomic mass is 16.6. The Morgan fingerprint density at radius 1 is 1.19 bits per heavy atom. The van der Waals surface area contributed by atoms with Crippen molar-refractivity contribution < 1.29 is 29.3 Å². The minimum Gasteiger partial charge on any atom is -0.481 e. The van der Waals surface area contributed by atoms with E-state index >= 15 is 0 Å². The van der Waals surface area contributed by atoms with E-state index in [9.17, 15) is 24.6 Å². The highest BCUT2D eigenvalue weighted by Crippen LogP contribution is 2.23. The molecule has 0 radical (unpaired) electrons. The van der Waals surface area contributed by atoms with Gasteiger partial charge < -0.3 is 24.7 Å². The maximum atomic E-state index is 12.7. The number of carboxylic acid groups (broad SMARTS) is 2. The molecule has 1 aliphatic rings. The summed E-state index contributed by atoms with van der Waals surface area (Å²) in [5.74, 6) is -1.79. The molecule has 2 atom stereocenters. The van der Waals surface area contributed by atoms with E-state index in [4.69, 9.17) is 4.74 Å². The molecule has 1 saturated heterocycles. The molecule has 1 fully saturated rings.